The molecule has 0 bridgehead atoms. The summed E-state index contributed by atoms with van der Waals surface area (Å²) < 4.78 is 0.515. The quantitative estimate of drug-likeness (QED) is 0.181. The molecule has 200 valence electrons. The maximum Gasteiger partial charge on any atom is 0.335 e. The molecule has 1 aliphatic heterocycles. The van der Waals surface area contributed by atoms with Gasteiger partial charge in [0.2, 0.25) is 0 Å². The Kier molecular flexibility index (Phi) is 7.32. The minimum absolute atomic E-state index is 0.125. The Morgan fingerprint density at radius 3 is 2.52 bits per heavy atom. The van der Waals surface area contributed by atoms with Gasteiger partial charge in [-0.3, -0.25) is 9.69 Å². The molecule has 6 rings (SSSR count). The maximum absolute atomic E-state index is 13.2. The van der Waals surface area contributed by atoms with Crippen molar-refractivity contribution in [2.75, 3.05) is 18.4 Å². The van der Waals surface area contributed by atoms with Crippen molar-refractivity contribution < 1.29 is 14.7 Å². The van der Waals surface area contributed by atoms with Gasteiger partial charge in [0.1, 0.15) is 10.0 Å². The number of fused-ring (bicyclic) bond motifs is 1. The summed E-state index contributed by atoms with van der Waals surface area (Å²) in [5.74, 6) is 0.375. The lowest BCUT2D eigenvalue weighted by Crippen LogP contribution is -2.30. The van der Waals surface area contributed by atoms with Crippen molar-refractivity contribution in [1.29, 1.82) is 0 Å². The number of benzene rings is 3. The van der Waals surface area contributed by atoms with Gasteiger partial charge in [-0.05, 0) is 72.7 Å². The number of thiocarbonyl (C=S) groups is 1. The van der Waals surface area contributed by atoms with Crippen LogP contribution in [0.25, 0.3) is 28.4 Å². The molecule has 7 nitrogen and oxygen atoms in total. The van der Waals surface area contributed by atoms with Gasteiger partial charge < -0.3 is 10.4 Å². The van der Waals surface area contributed by atoms with Gasteiger partial charge in [-0.1, -0.05) is 66.4 Å². The van der Waals surface area contributed by atoms with Crippen LogP contribution in [-0.4, -0.2) is 49.3 Å². The predicted octanol–water partition coefficient (Wildman–Crippen LogP) is 6.26. The van der Waals surface area contributed by atoms with Crippen molar-refractivity contribution in [3.05, 3.63) is 94.4 Å². The van der Waals surface area contributed by atoms with Crippen LogP contribution in [0.1, 0.15) is 34.3 Å². The second-order valence-corrected chi connectivity index (χ2v) is 11.6. The molecule has 0 unspecified atom stereocenters. The number of carboxylic acid groups (broad SMARTS) is 1. The van der Waals surface area contributed by atoms with Crippen LogP contribution in [0.5, 0.6) is 0 Å². The number of nitrogens with zero attached hydrogens (tertiary/aromatic N) is 3. The van der Waals surface area contributed by atoms with Gasteiger partial charge in [0.25, 0.3) is 5.91 Å². The lowest BCUT2D eigenvalue weighted by Gasteiger charge is -2.14. The van der Waals surface area contributed by atoms with Crippen LogP contribution >= 0.6 is 24.0 Å². The summed E-state index contributed by atoms with van der Waals surface area (Å²) in [6.45, 7) is 1.31. The topological polar surface area (TPSA) is 95.4 Å². The molecule has 0 radical (unpaired) electrons. The fraction of sp³-hybridized carbons (Fsp3) is 0.194. The number of hydrogen-bond acceptors (Lipinski definition) is 7. The third-order valence-electron chi connectivity index (χ3n) is 6.98. The molecule has 1 amide bonds. The van der Waals surface area contributed by atoms with Crippen LogP contribution in [0, 0.1) is 5.92 Å². The number of carbonyl (C=O) groups is 2. The summed E-state index contributed by atoms with van der Waals surface area (Å²) in [6, 6.07) is 22.5. The van der Waals surface area contributed by atoms with E-state index >= 15 is 0 Å². The molecule has 1 saturated heterocycles. The highest BCUT2D eigenvalue weighted by molar-refractivity contribution is 8.26. The largest absolute Gasteiger partial charge is 0.478 e. The number of anilines is 1. The Morgan fingerprint density at radius 2 is 1.80 bits per heavy atom. The molecule has 2 aliphatic rings. The first-order chi connectivity index (χ1) is 19.4. The fourth-order valence-electron chi connectivity index (χ4n) is 4.56. The van der Waals surface area contributed by atoms with Gasteiger partial charge >= 0.3 is 5.97 Å². The van der Waals surface area contributed by atoms with Crippen LogP contribution in [0.4, 0.5) is 5.82 Å². The van der Waals surface area contributed by atoms with Crippen molar-refractivity contribution >= 4 is 63.1 Å². The summed E-state index contributed by atoms with van der Waals surface area (Å²) >= 11 is 6.82. The molecule has 4 aromatic rings. The van der Waals surface area contributed by atoms with Crippen LogP contribution in [0.15, 0.2) is 77.7 Å². The molecule has 9 heteroatoms. The van der Waals surface area contributed by atoms with E-state index in [4.69, 9.17) is 27.3 Å². The number of hydrogen-bond donors (Lipinski definition) is 2. The van der Waals surface area contributed by atoms with Gasteiger partial charge in [0, 0.05) is 18.7 Å². The zero-order chi connectivity index (χ0) is 27.6. The number of carbonyl (C=O) groups excluding carboxylic acids is 1. The van der Waals surface area contributed by atoms with Crippen molar-refractivity contribution in [2.45, 2.75) is 19.3 Å². The molecule has 3 aromatic carbocycles. The minimum atomic E-state index is -0.962. The number of carboxylic acids is 1. The number of nitrogens with one attached hydrogen (secondary N) is 1. The van der Waals surface area contributed by atoms with E-state index in [1.807, 2.05) is 54.6 Å². The monoisotopic (exact) mass is 566 g/mol. The van der Waals surface area contributed by atoms with E-state index in [0.717, 1.165) is 45.8 Å². The highest BCUT2D eigenvalue weighted by Crippen LogP contribution is 2.35. The van der Waals surface area contributed by atoms with Gasteiger partial charge in [-0.15, -0.1) is 0 Å². The molecule has 1 saturated carbocycles. The molecule has 40 heavy (non-hydrogen) atoms. The van der Waals surface area contributed by atoms with Crippen molar-refractivity contribution in [1.82, 2.24) is 14.9 Å². The number of thioether (sulfide) groups is 1. The van der Waals surface area contributed by atoms with Crippen LogP contribution < -0.4 is 5.32 Å². The summed E-state index contributed by atoms with van der Waals surface area (Å²) in [6.07, 6.45) is 4.94. The summed E-state index contributed by atoms with van der Waals surface area (Å²) in [4.78, 5) is 36.3. The Labute approximate surface area is 241 Å². The summed E-state index contributed by atoms with van der Waals surface area (Å²) in [5.41, 5.74) is 5.45. The molecule has 2 fully saturated rings. The number of para-hydroxylation sites is 2. The minimum Gasteiger partial charge on any atom is -0.478 e. The Morgan fingerprint density at radius 1 is 1.05 bits per heavy atom. The first kappa shape index (κ1) is 26.2. The first-order valence-corrected chi connectivity index (χ1v) is 14.4. The standard InChI is InChI=1S/C31H26N4O3S2/c36-29-26(40-31(39)35(29)15-14-19-10-12-22(13-11-19)30(37)38)17-21-4-3-5-23(16-21)27-28(32-18-20-8-9-20)34-25-7-2-1-6-24(25)33-27/h1-7,10-13,16-17,20H,8-9,14-15,18H2,(H,32,34)(H,37,38). The lowest BCUT2D eigenvalue weighted by molar-refractivity contribution is -0.122. The molecule has 1 aliphatic carbocycles. The lowest BCUT2D eigenvalue weighted by atomic mass is 10.1. The number of rotatable bonds is 9. The van der Waals surface area contributed by atoms with E-state index in [1.165, 1.54) is 24.6 Å². The van der Waals surface area contributed by atoms with Gasteiger partial charge in [0.05, 0.1) is 21.5 Å². The first-order valence-electron chi connectivity index (χ1n) is 13.1. The average Bonchev–Trinajstić information content (AvgIpc) is 3.76. The average molecular weight is 567 g/mol. The number of aromatic nitrogens is 2. The van der Waals surface area contributed by atoms with Crippen LogP contribution in [-0.2, 0) is 11.2 Å². The molecule has 0 spiro atoms. The number of aromatic carboxylic acids is 1. The van der Waals surface area contributed by atoms with Gasteiger partial charge in [0.15, 0.2) is 5.82 Å². The predicted molar refractivity (Wildman–Crippen MR) is 163 cm³/mol. The molecule has 2 N–H and O–H groups in total. The van der Waals surface area contributed by atoms with E-state index in [-0.39, 0.29) is 11.5 Å². The van der Waals surface area contributed by atoms with E-state index in [9.17, 15) is 9.59 Å². The second kappa shape index (κ2) is 11.2. The SMILES string of the molecule is O=C(O)c1ccc(CCN2C(=O)C(=Cc3cccc(-c4nc5ccccc5nc4NCC4CC4)c3)SC2=S)cc1. The zero-order valence-electron chi connectivity index (χ0n) is 21.5. The van der Waals surface area contributed by atoms with E-state index in [0.29, 0.717) is 28.1 Å². The second-order valence-electron chi connectivity index (χ2n) is 9.94. The van der Waals surface area contributed by atoms with E-state index < -0.39 is 5.97 Å². The Balaban J connectivity index is 1.22. The fourth-order valence-corrected chi connectivity index (χ4v) is 5.87. The summed E-state index contributed by atoms with van der Waals surface area (Å²) in [5, 5.41) is 12.6. The summed E-state index contributed by atoms with van der Waals surface area (Å²) in [7, 11) is 0. The van der Waals surface area contributed by atoms with Crippen molar-refractivity contribution in [3.63, 3.8) is 0 Å². The number of amides is 1. The van der Waals surface area contributed by atoms with E-state index in [2.05, 4.69) is 5.32 Å². The maximum atomic E-state index is 13.2. The van der Waals surface area contributed by atoms with Crippen LogP contribution in [0.2, 0.25) is 0 Å². The van der Waals surface area contributed by atoms with Gasteiger partial charge in [-0.2, -0.15) is 0 Å². The van der Waals surface area contributed by atoms with Crippen molar-refractivity contribution in [3.8, 4) is 11.3 Å². The van der Waals surface area contributed by atoms with Crippen molar-refractivity contribution in [2.24, 2.45) is 5.92 Å². The third kappa shape index (κ3) is 5.76. The van der Waals surface area contributed by atoms with Gasteiger partial charge in [-0.25, -0.2) is 14.8 Å². The van der Waals surface area contributed by atoms with E-state index in [1.54, 1.807) is 29.2 Å². The molecule has 1 aromatic heterocycles. The highest BCUT2D eigenvalue weighted by Gasteiger charge is 2.31. The zero-order valence-corrected chi connectivity index (χ0v) is 23.2. The third-order valence-corrected chi connectivity index (χ3v) is 8.36. The highest BCUT2D eigenvalue weighted by atomic mass is 32.2. The molecular weight excluding hydrogens is 541 g/mol. The Bertz CT molecular complexity index is 1670. The molecule has 0 atom stereocenters. The normalized spacial score (nSPS) is 16.2. The Hall–Kier alpha value is -4.08. The molecular formula is C31H26N4O3S2. The molecule has 2 heterocycles. The smallest absolute Gasteiger partial charge is 0.335 e. The van der Waals surface area contributed by atoms with Crippen LogP contribution in [0.3, 0.4) is 0 Å².